The highest BCUT2D eigenvalue weighted by atomic mass is 127. The Labute approximate surface area is 138 Å². The van der Waals surface area contributed by atoms with Gasteiger partial charge in [0.25, 0.3) is 0 Å². The predicted octanol–water partition coefficient (Wildman–Crippen LogP) is 0.685. The molecule has 0 N–H and O–H groups in total. The summed E-state index contributed by atoms with van der Waals surface area (Å²) in [5, 5.41) is 0. The van der Waals surface area contributed by atoms with Gasteiger partial charge >= 0.3 is 0 Å². The van der Waals surface area contributed by atoms with Gasteiger partial charge in [-0.1, -0.05) is 36.4 Å². The molecule has 0 unspecified atom stereocenters. The number of hydrogen-bond acceptors (Lipinski definition) is 1. The van der Waals surface area contributed by atoms with Crippen LogP contribution in [0.3, 0.4) is 0 Å². The summed E-state index contributed by atoms with van der Waals surface area (Å²) in [6.45, 7) is 0. The second kappa shape index (κ2) is 8.53. The van der Waals surface area contributed by atoms with E-state index in [2.05, 4.69) is 46.2 Å². The van der Waals surface area contributed by atoms with Crippen LogP contribution < -0.4 is 28.9 Å². The molecule has 0 amide bonds. The molecule has 2 aromatic rings. The minimum atomic E-state index is 0. The van der Waals surface area contributed by atoms with Gasteiger partial charge in [-0.15, -0.1) is 0 Å². The highest BCUT2D eigenvalue weighted by Crippen LogP contribution is 2.11. The smallest absolute Gasteiger partial charge is 0.204 e. The molecule has 104 valence electrons. The number of hydrogen-bond donors (Lipinski definition) is 0. The van der Waals surface area contributed by atoms with Crippen LogP contribution >= 0.6 is 0 Å². The van der Waals surface area contributed by atoms with Gasteiger partial charge in [-0.2, -0.15) is 0 Å². The van der Waals surface area contributed by atoms with E-state index in [1.54, 1.807) is 0 Å². The lowest BCUT2D eigenvalue weighted by Crippen LogP contribution is -3.00. The maximum atomic E-state index is 2.09. The third-order valence-electron chi connectivity index (χ3n) is 2.95. The first-order valence-corrected chi connectivity index (χ1v) is 6.35. The molecule has 0 aromatic heterocycles. The van der Waals surface area contributed by atoms with Crippen molar-refractivity contribution in [1.29, 1.82) is 0 Å². The van der Waals surface area contributed by atoms with Gasteiger partial charge < -0.3 is 28.9 Å². The summed E-state index contributed by atoms with van der Waals surface area (Å²) in [6, 6.07) is 20.6. The maximum absolute atomic E-state index is 2.09. The van der Waals surface area contributed by atoms with Crippen LogP contribution in [0.15, 0.2) is 72.9 Å². The van der Waals surface area contributed by atoms with Gasteiger partial charge in [-0.25, -0.2) is 4.58 Å². The summed E-state index contributed by atoms with van der Waals surface area (Å²) in [5.41, 5.74) is 2.35. The molecule has 0 atom stereocenters. The fourth-order valence-electron chi connectivity index (χ4n) is 1.80. The maximum Gasteiger partial charge on any atom is 0.204 e. The number of anilines is 1. The normalized spacial score (nSPS) is 11.2. The van der Waals surface area contributed by atoms with Crippen LogP contribution in [-0.2, 0) is 0 Å². The zero-order valence-electron chi connectivity index (χ0n) is 11.8. The van der Waals surface area contributed by atoms with E-state index in [-0.39, 0.29) is 24.0 Å². The molecule has 0 aliphatic heterocycles. The second-order valence-corrected chi connectivity index (χ2v) is 4.38. The summed E-state index contributed by atoms with van der Waals surface area (Å²) < 4.78 is 2.09. The van der Waals surface area contributed by atoms with Crippen molar-refractivity contribution in [2.24, 2.45) is 0 Å². The first-order valence-electron chi connectivity index (χ1n) is 6.35. The molecule has 2 aromatic carbocycles. The standard InChI is InChI=1S/C17H19N2.HI/c1-18(16-10-5-3-6-11-16)14-9-15-19(2)17-12-7-4-8-13-17;/h3-15H,1-2H3;1H/q+1;/p-1. The van der Waals surface area contributed by atoms with Gasteiger partial charge in [0.1, 0.15) is 7.05 Å². The Hall–Kier alpha value is -1.62. The third-order valence-corrected chi connectivity index (χ3v) is 2.95. The van der Waals surface area contributed by atoms with E-state index >= 15 is 0 Å². The summed E-state index contributed by atoms with van der Waals surface area (Å²) in [7, 11) is 4.09. The van der Waals surface area contributed by atoms with Gasteiger partial charge in [-0.3, -0.25) is 0 Å². The van der Waals surface area contributed by atoms with Crippen LogP contribution in [0.5, 0.6) is 0 Å². The van der Waals surface area contributed by atoms with Gasteiger partial charge in [0.05, 0.1) is 0 Å². The van der Waals surface area contributed by atoms with E-state index in [1.807, 2.05) is 56.6 Å². The fraction of sp³-hybridized carbons (Fsp3) is 0.118. The third kappa shape index (κ3) is 4.81. The lowest BCUT2D eigenvalue weighted by atomic mass is 10.3. The highest BCUT2D eigenvalue weighted by Gasteiger charge is 1.98. The van der Waals surface area contributed by atoms with Crippen molar-refractivity contribution < 1.29 is 28.6 Å². The molecule has 0 saturated heterocycles. The van der Waals surface area contributed by atoms with Crippen LogP contribution in [-0.4, -0.2) is 24.9 Å². The highest BCUT2D eigenvalue weighted by molar-refractivity contribution is 5.68. The van der Waals surface area contributed by atoms with Crippen molar-refractivity contribution in [3.05, 3.63) is 72.9 Å². The second-order valence-electron chi connectivity index (χ2n) is 4.38. The molecule has 0 bridgehead atoms. The molecule has 0 aliphatic rings. The largest absolute Gasteiger partial charge is 1.00 e. The molecule has 0 fully saturated rings. The van der Waals surface area contributed by atoms with E-state index in [1.165, 1.54) is 11.4 Å². The number of rotatable bonds is 4. The zero-order chi connectivity index (χ0) is 13.5. The van der Waals surface area contributed by atoms with Crippen LogP contribution in [0, 0.1) is 0 Å². The minimum absolute atomic E-state index is 0. The quantitative estimate of drug-likeness (QED) is 0.431. The Morgan fingerprint density at radius 1 is 0.900 bits per heavy atom. The number of allylic oxidation sites excluding steroid dienone is 1. The van der Waals surface area contributed by atoms with Crippen molar-refractivity contribution >= 4 is 17.6 Å². The fourth-order valence-corrected chi connectivity index (χ4v) is 1.80. The van der Waals surface area contributed by atoms with Crippen molar-refractivity contribution in [3.8, 4) is 0 Å². The van der Waals surface area contributed by atoms with Crippen molar-refractivity contribution in [2.45, 2.75) is 0 Å². The molecule has 20 heavy (non-hydrogen) atoms. The first-order chi connectivity index (χ1) is 9.27. The summed E-state index contributed by atoms with van der Waals surface area (Å²) >= 11 is 0. The van der Waals surface area contributed by atoms with Crippen molar-refractivity contribution in [3.63, 3.8) is 0 Å². The van der Waals surface area contributed by atoms with Gasteiger partial charge in [0.15, 0.2) is 6.21 Å². The average molecular weight is 378 g/mol. The minimum Gasteiger partial charge on any atom is -1.00 e. The number of para-hydroxylation sites is 2. The number of benzene rings is 2. The molecule has 0 saturated carbocycles. The zero-order valence-corrected chi connectivity index (χ0v) is 13.9. The summed E-state index contributed by atoms with van der Waals surface area (Å²) in [4.78, 5) is 2.09. The van der Waals surface area contributed by atoms with Gasteiger partial charge in [0, 0.05) is 37.1 Å². The van der Waals surface area contributed by atoms with E-state index in [0.29, 0.717) is 0 Å². The topological polar surface area (TPSA) is 6.25 Å². The Bertz CT molecular complexity index is 562. The van der Waals surface area contributed by atoms with E-state index < -0.39 is 0 Å². The number of halogens is 1. The van der Waals surface area contributed by atoms with Crippen molar-refractivity contribution in [1.82, 2.24) is 0 Å². The first kappa shape index (κ1) is 16.4. The lowest BCUT2D eigenvalue weighted by molar-refractivity contribution is -0.398. The Kier molecular flexibility index (Phi) is 7.01. The summed E-state index contributed by atoms with van der Waals surface area (Å²) in [6.07, 6.45) is 6.14. The molecular weight excluding hydrogens is 359 g/mol. The average Bonchev–Trinajstić information content (AvgIpc) is 2.49. The monoisotopic (exact) mass is 378 g/mol. The van der Waals surface area contributed by atoms with Crippen LogP contribution in [0.2, 0.25) is 0 Å². The van der Waals surface area contributed by atoms with Gasteiger partial charge in [-0.05, 0) is 12.1 Å². The lowest BCUT2D eigenvalue weighted by Gasteiger charge is -2.12. The Balaban J connectivity index is 0.00000200. The van der Waals surface area contributed by atoms with Crippen molar-refractivity contribution in [2.75, 3.05) is 19.0 Å². The van der Waals surface area contributed by atoms with Crippen LogP contribution in [0.1, 0.15) is 0 Å². The molecule has 0 spiro atoms. The van der Waals surface area contributed by atoms with E-state index in [0.717, 1.165) is 0 Å². The van der Waals surface area contributed by atoms with E-state index in [9.17, 15) is 0 Å². The molecule has 0 heterocycles. The van der Waals surface area contributed by atoms with Crippen LogP contribution in [0.25, 0.3) is 0 Å². The Morgan fingerprint density at radius 3 is 2.05 bits per heavy atom. The predicted molar refractivity (Wildman–Crippen MR) is 82.3 cm³/mol. The SMILES string of the molecule is CN(C=CC=[N+](C)c1ccccc1)c1ccccc1.[I-]. The molecule has 0 radical (unpaired) electrons. The molecule has 2 nitrogen and oxygen atoms in total. The summed E-state index contributed by atoms with van der Waals surface area (Å²) in [5.74, 6) is 0. The van der Waals surface area contributed by atoms with Crippen LogP contribution in [0.4, 0.5) is 11.4 Å². The molecular formula is C17H19IN2. The van der Waals surface area contributed by atoms with E-state index in [4.69, 9.17) is 0 Å². The Morgan fingerprint density at radius 2 is 1.45 bits per heavy atom. The molecule has 2 rings (SSSR count). The number of nitrogens with zero attached hydrogens (tertiary/aromatic N) is 2. The van der Waals surface area contributed by atoms with Gasteiger partial charge in [0.2, 0.25) is 5.69 Å². The molecule has 3 heteroatoms. The molecule has 0 aliphatic carbocycles.